The normalized spacial score (nSPS) is 20.1. The molecule has 6 heteroatoms. The number of aryl methyl sites for hydroxylation is 1. The van der Waals surface area contributed by atoms with Crippen LogP contribution in [0.4, 0.5) is 0 Å². The maximum Gasteiger partial charge on any atom is 0.274 e. The first-order valence-corrected chi connectivity index (χ1v) is 9.07. The monoisotopic (exact) mass is 353 g/mol. The van der Waals surface area contributed by atoms with Gasteiger partial charge in [-0.3, -0.25) is 9.78 Å². The Labute approximate surface area is 150 Å². The number of nitrogens with zero attached hydrogens (tertiary/aromatic N) is 3. The number of likely N-dealkylation sites (N-methyl/N-ethyl adjacent to an activating group) is 1. The lowest BCUT2D eigenvalue weighted by atomic mass is 10.0. The van der Waals surface area contributed by atoms with Crippen molar-refractivity contribution in [2.45, 2.75) is 25.5 Å². The number of carbonyl (C=O) groups excluding carboxylic acids is 1. The average Bonchev–Trinajstić information content (AvgIpc) is 3.28. The predicted molar refractivity (Wildman–Crippen MR) is 97.8 cm³/mol. The molecule has 3 aromatic rings. The van der Waals surface area contributed by atoms with E-state index in [2.05, 4.69) is 9.36 Å². The number of hydrogen-bond acceptors (Lipinski definition) is 5. The minimum Gasteiger partial charge on any atom is -0.371 e. The van der Waals surface area contributed by atoms with E-state index in [9.17, 15) is 4.79 Å². The summed E-state index contributed by atoms with van der Waals surface area (Å²) in [6, 6.07) is 9.97. The number of ether oxygens (including phenoxy) is 1. The molecule has 1 saturated heterocycles. The topological polar surface area (TPSA) is 55.3 Å². The second-order valence-corrected chi connectivity index (χ2v) is 7.19. The van der Waals surface area contributed by atoms with Gasteiger partial charge in [0.2, 0.25) is 0 Å². The zero-order chi connectivity index (χ0) is 17.4. The van der Waals surface area contributed by atoms with Crippen molar-refractivity contribution in [3.05, 3.63) is 59.5 Å². The van der Waals surface area contributed by atoms with Crippen LogP contribution in [0.3, 0.4) is 0 Å². The molecule has 0 radical (unpaired) electrons. The lowest BCUT2D eigenvalue weighted by Crippen LogP contribution is -2.39. The number of carbonyl (C=O) groups is 1. The minimum absolute atomic E-state index is 0.0155. The number of amides is 1. The fourth-order valence-electron chi connectivity index (χ4n) is 3.36. The van der Waals surface area contributed by atoms with Gasteiger partial charge in [0.1, 0.15) is 11.8 Å². The Morgan fingerprint density at radius 1 is 1.36 bits per heavy atom. The fourth-order valence-corrected chi connectivity index (χ4v) is 4.11. The predicted octanol–water partition coefficient (Wildman–Crippen LogP) is 3.60. The molecule has 5 nitrogen and oxygen atoms in total. The molecule has 25 heavy (non-hydrogen) atoms. The molecule has 0 N–H and O–H groups in total. The maximum absolute atomic E-state index is 13.1. The Morgan fingerprint density at radius 3 is 3.04 bits per heavy atom. The Hall–Kier alpha value is -2.31. The van der Waals surface area contributed by atoms with Gasteiger partial charge in [-0.15, -0.1) is 0 Å². The first-order valence-electron chi connectivity index (χ1n) is 8.30. The Morgan fingerprint density at radius 2 is 2.24 bits per heavy atom. The van der Waals surface area contributed by atoms with E-state index >= 15 is 0 Å². The lowest BCUT2D eigenvalue weighted by molar-refractivity contribution is 0.0513. The van der Waals surface area contributed by atoms with Crippen LogP contribution in [0.5, 0.6) is 0 Å². The highest BCUT2D eigenvalue weighted by Crippen LogP contribution is 2.33. The summed E-state index contributed by atoms with van der Waals surface area (Å²) in [5.74, 6) is -0.0544. The summed E-state index contributed by atoms with van der Waals surface area (Å²) in [4.78, 5) is 19.0. The molecule has 3 heterocycles. The van der Waals surface area contributed by atoms with Crippen LogP contribution in [0.25, 0.3) is 10.1 Å². The molecule has 1 aliphatic rings. The zero-order valence-corrected chi connectivity index (χ0v) is 15.0. The molecule has 1 aromatic carbocycles. The van der Waals surface area contributed by atoms with E-state index in [1.165, 1.54) is 11.5 Å². The molecule has 2 aromatic heterocycles. The van der Waals surface area contributed by atoms with Crippen LogP contribution in [-0.2, 0) is 4.74 Å². The summed E-state index contributed by atoms with van der Waals surface area (Å²) >= 11 is 1.37. The van der Waals surface area contributed by atoms with Crippen molar-refractivity contribution < 1.29 is 9.53 Å². The van der Waals surface area contributed by atoms with Crippen molar-refractivity contribution in [1.82, 2.24) is 14.3 Å². The second-order valence-electron chi connectivity index (χ2n) is 6.38. The van der Waals surface area contributed by atoms with E-state index < -0.39 is 0 Å². The van der Waals surface area contributed by atoms with Crippen molar-refractivity contribution in [2.24, 2.45) is 0 Å². The van der Waals surface area contributed by atoms with Crippen molar-refractivity contribution in [2.75, 3.05) is 13.7 Å². The number of pyridine rings is 1. The second kappa shape index (κ2) is 6.54. The van der Waals surface area contributed by atoms with Gasteiger partial charge in [-0.05, 0) is 43.1 Å². The lowest BCUT2D eigenvalue weighted by Gasteiger charge is -2.28. The van der Waals surface area contributed by atoms with Crippen LogP contribution in [0.2, 0.25) is 0 Å². The van der Waals surface area contributed by atoms with Gasteiger partial charge in [-0.25, -0.2) is 0 Å². The summed E-state index contributed by atoms with van der Waals surface area (Å²) in [6.45, 7) is 2.66. The highest BCUT2D eigenvalue weighted by molar-refractivity contribution is 7.13. The minimum atomic E-state index is -0.144. The largest absolute Gasteiger partial charge is 0.371 e. The third kappa shape index (κ3) is 2.92. The Bertz CT molecular complexity index is 909. The molecule has 128 valence electrons. The summed E-state index contributed by atoms with van der Waals surface area (Å²) in [5.41, 5.74) is 2.66. The molecule has 0 bridgehead atoms. The van der Waals surface area contributed by atoms with E-state index in [1.807, 2.05) is 50.5 Å². The molecular formula is C19H19N3O2S. The van der Waals surface area contributed by atoms with Crippen LogP contribution in [-0.4, -0.2) is 39.9 Å². The van der Waals surface area contributed by atoms with Gasteiger partial charge in [0, 0.05) is 37.0 Å². The molecule has 0 saturated carbocycles. The average molecular weight is 353 g/mol. The summed E-state index contributed by atoms with van der Waals surface area (Å²) in [6.07, 6.45) is 4.21. The van der Waals surface area contributed by atoms with Crippen molar-refractivity contribution in [3.63, 3.8) is 0 Å². The van der Waals surface area contributed by atoms with E-state index in [4.69, 9.17) is 4.74 Å². The van der Waals surface area contributed by atoms with Gasteiger partial charge in [0.05, 0.1) is 10.7 Å². The van der Waals surface area contributed by atoms with Gasteiger partial charge < -0.3 is 9.64 Å². The number of fused-ring (bicyclic) bond motifs is 1. The smallest absolute Gasteiger partial charge is 0.274 e. The highest BCUT2D eigenvalue weighted by Gasteiger charge is 2.36. The van der Waals surface area contributed by atoms with E-state index in [0.29, 0.717) is 12.3 Å². The molecule has 1 amide bonds. The van der Waals surface area contributed by atoms with Gasteiger partial charge in [-0.2, -0.15) is 4.37 Å². The molecular weight excluding hydrogens is 334 g/mol. The summed E-state index contributed by atoms with van der Waals surface area (Å²) < 4.78 is 11.4. The third-order valence-corrected chi connectivity index (χ3v) is 5.55. The molecule has 0 unspecified atom stereocenters. The highest BCUT2D eigenvalue weighted by atomic mass is 32.1. The summed E-state index contributed by atoms with van der Waals surface area (Å²) in [5, 5.41) is 0.929. The number of hydrogen-bond donors (Lipinski definition) is 0. The van der Waals surface area contributed by atoms with E-state index in [-0.39, 0.29) is 18.1 Å². The van der Waals surface area contributed by atoms with Crippen LogP contribution in [0, 0.1) is 6.92 Å². The SMILES string of the molecule is Cc1ccc2snc(C(=O)N(C)[C@H]3CCO[C@@H]3c3cccnc3)c2c1. The van der Waals surface area contributed by atoms with Gasteiger partial charge >= 0.3 is 0 Å². The molecule has 0 spiro atoms. The van der Waals surface area contributed by atoms with Crippen molar-refractivity contribution >= 4 is 27.5 Å². The third-order valence-electron chi connectivity index (χ3n) is 4.72. The number of rotatable bonds is 3. The Balaban J connectivity index is 1.64. The standard InChI is InChI=1S/C19H19N3O2S/c1-12-5-6-16-14(10-12)17(21-25-16)19(23)22(2)15-7-9-24-18(15)13-4-3-8-20-11-13/h3-6,8,10-11,15,18H,7,9H2,1-2H3/t15-,18+/m0/s1. The zero-order valence-electron chi connectivity index (χ0n) is 14.2. The van der Waals surface area contributed by atoms with Crippen molar-refractivity contribution in [1.29, 1.82) is 0 Å². The molecule has 1 aliphatic heterocycles. The Kier molecular flexibility index (Phi) is 4.23. The van der Waals surface area contributed by atoms with Crippen LogP contribution in [0.1, 0.15) is 34.1 Å². The quantitative estimate of drug-likeness (QED) is 0.722. The van der Waals surface area contributed by atoms with Gasteiger partial charge in [0.25, 0.3) is 5.91 Å². The van der Waals surface area contributed by atoms with Crippen LogP contribution >= 0.6 is 11.5 Å². The number of benzene rings is 1. The summed E-state index contributed by atoms with van der Waals surface area (Å²) in [7, 11) is 1.84. The van der Waals surface area contributed by atoms with Gasteiger partial charge in [0.15, 0.2) is 0 Å². The number of aromatic nitrogens is 2. The van der Waals surface area contributed by atoms with Crippen LogP contribution < -0.4 is 0 Å². The maximum atomic E-state index is 13.1. The first-order chi connectivity index (χ1) is 12.1. The fraction of sp³-hybridized carbons (Fsp3) is 0.316. The van der Waals surface area contributed by atoms with E-state index in [1.54, 1.807) is 11.1 Å². The molecule has 2 atom stereocenters. The van der Waals surface area contributed by atoms with Gasteiger partial charge in [-0.1, -0.05) is 17.7 Å². The van der Waals surface area contributed by atoms with Crippen molar-refractivity contribution in [3.8, 4) is 0 Å². The van der Waals surface area contributed by atoms with Crippen LogP contribution in [0.15, 0.2) is 42.7 Å². The first kappa shape index (κ1) is 16.2. The molecule has 1 fully saturated rings. The molecule has 4 rings (SSSR count). The molecule has 0 aliphatic carbocycles. The van der Waals surface area contributed by atoms with E-state index in [0.717, 1.165) is 27.6 Å².